The molecule has 124 valence electrons. The highest BCUT2D eigenvalue weighted by Gasteiger charge is 2.18. The molecule has 0 saturated heterocycles. The minimum atomic E-state index is -0.505. The summed E-state index contributed by atoms with van der Waals surface area (Å²) in [7, 11) is 1.66. The third-order valence-corrected chi connectivity index (χ3v) is 3.76. The van der Waals surface area contributed by atoms with Gasteiger partial charge in [0, 0.05) is 19.4 Å². The molecular formula is C15H12Cl2FN5O. The maximum atomic E-state index is 12.9. The molecule has 0 radical (unpaired) electrons. The standard InChI is InChI=1S/C15H12Cl2FN5O/c1-22-7-11(16)13(20-22)15(24)19-14-12(17)8-23(21-14)6-9-2-4-10(18)5-3-9/h2-5,7-8H,6H2,1H3,(H,19,21,24). The van der Waals surface area contributed by atoms with Gasteiger partial charge in [-0.05, 0) is 17.7 Å². The lowest BCUT2D eigenvalue weighted by Gasteiger charge is -2.02. The van der Waals surface area contributed by atoms with E-state index in [9.17, 15) is 9.18 Å². The summed E-state index contributed by atoms with van der Waals surface area (Å²) in [6, 6.07) is 6.03. The Labute approximate surface area is 146 Å². The van der Waals surface area contributed by atoms with Crippen LogP contribution in [0, 0.1) is 5.82 Å². The third-order valence-electron chi connectivity index (χ3n) is 3.21. The van der Waals surface area contributed by atoms with Gasteiger partial charge < -0.3 is 5.32 Å². The van der Waals surface area contributed by atoms with Gasteiger partial charge in [0.15, 0.2) is 11.5 Å². The Bertz CT molecular complexity index is 888. The van der Waals surface area contributed by atoms with Crippen molar-refractivity contribution in [3.63, 3.8) is 0 Å². The van der Waals surface area contributed by atoms with Crippen LogP contribution in [0.5, 0.6) is 0 Å². The largest absolute Gasteiger partial charge is 0.302 e. The molecular weight excluding hydrogens is 356 g/mol. The first-order chi connectivity index (χ1) is 11.4. The maximum absolute atomic E-state index is 12.9. The average Bonchev–Trinajstić information content (AvgIpc) is 3.04. The topological polar surface area (TPSA) is 64.7 Å². The molecule has 24 heavy (non-hydrogen) atoms. The average molecular weight is 368 g/mol. The number of nitrogens with zero attached hydrogens (tertiary/aromatic N) is 4. The SMILES string of the molecule is Cn1cc(Cl)c(C(=O)Nc2nn(Cc3ccc(F)cc3)cc2Cl)n1. The van der Waals surface area contributed by atoms with Crippen molar-refractivity contribution in [1.82, 2.24) is 19.6 Å². The Morgan fingerprint density at radius 2 is 1.88 bits per heavy atom. The molecule has 0 unspecified atom stereocenters. The number of amides is 1. The monoisotopic (exact) mass is 367 g/mol. The molecule has 0 spiro atoms. The number of rotatable bonds is 4. The van der Waals surface area contributed by atoms with Gasteiger partial charge in [-0.15, -0.1) is 0 Å². The smallest absolute Gasteiger partial charge is 0.278 e. The summed E-state index contributed by atoms with van der Waals surface area (Å²) in [5, 5.41) is 11.3. The molecule has 0 aliphatic carbocycles. The van der Waals surface area contributed by atoms with Gasteiger partial charge in [-0.3, -0.25) is 14.2 Å². The van der Waals surface area contributed by atoms with Gasteiger partial charge in [-0.25, -0.2) is 4.39 Å². The number of halogens is 3. The van der Waals surface area contributed by atoms with Crippen molar-refractivity contribution in [2.45, 2.75) is 6.54 Å². The molecule has 0 saturated carbocycles. The predicted octanol–water partition coefficient (Wildman–Crippen LogP) is 3.36. The number of aromatic nitrogens is 4. The van der Waals surface area contributed by atoms with E-state index in [1.807, 2.05) is 0 Å². The van der Waals surface area contributed by atoms with Crippen molar-refractivity contribution in [1.29, 1.82) is 0 Å². The van der Waals surface area contributed by atoms with Gasteiger partial charge in [0.2, 0.25) is 0 Å². The summed E-state index contributed by atoms with van der Waals surface area (Å²) in [5.41, 5.74) is 0.935. The normalized spacial score (nSPS) is 10.8. The molecule has 3 rings (SSSR count). The van der Waals surface area contributed by atoms with E-state index in [2.05, 4.69) is 15.5 Å². The predicted molar refractivity (Wildman–Crippen MR) is 88.9 cm³/mol. The number of carbonyl (C=O) groups is 1. The van der Waals surface area contributed by atoms with Crippen LogP contribution in [0.3, 0.4) is 0 Å². The third kappa shape index (κ3) is 3.58. The number of benzene rings is 1. The summed E-state index contributed by atoms with van der Waals surface area (Å²) in [6.45, 7) is 0.389. The van der Waals surface area contributed by atoms with Crippen LogP contribution in [0.2, 0.25) is 10.0 Å². The van der Waals surface area contributed by atoms with Crippen LogP contribution in [0.1, 0.15) is 16.1 Å². The van der Waals surface area contributed by atoms with E-state index >= 15 is 0 Å². The number of anilines is 1. The van der Waals surface area contributed by atoms with E-state index in [0.717, 1.165) is 5.56 Å². The quantitative estimate of drug-likeness (QED) is 0.768. The number of aryl methyl sites for hydroxylation is 1. The summed E-state index contributed by atoms with van der Waals surface area (Å²) in [6.07, 6.45) is 3.09. The van der Waals surface area contributed by atoms with Crippen molar-refractivity contribution in [2.24, 2.45) is 7.05 Å². The van der Waals surface area contributed by atoms with Crippen molar-refractivity contribution >= 4 is 34.9 Å². The molecule has 1 N–H and O–H groups in total. The highest BCUT2D eigenvalue weighted by atomic mass is 35.5. The molecule has 0 fully saturated rings. The van der Waals surface area contributed by atoms with E-state index in [-0.39, 0.29) is 27.4 Å². The van der Waals surface area contributed by atoms with E-state index in [1.54, 1.807) is 30.1 Å². The molecule has 2 heterocycles. The number of carbonyl (C=O) groups excluding carboxylic acids is 1. The second-order valence-corrected chi connectivity index (χ2v) is 5.92. The van der Waals surface area contributed by atoms with Crippen LogP contribution in [0.15, 0.2) is 36.7 Å². The van der Waals surface area contributed by atoms with Crippen LogP contribution in [0.4, 0.5) is 10.2 Å². The summed E-state index contributed by atoms with van der Waals surface area (Å²) in [4.78, 5) is 12.2. The molecule has 0 bridgehead atoms. The van der Waals surface area contributed by atoms with E-state index in [0.29, 0.717) is 6.54 Å². The van der Waals surface area contributed by atoms with E-state index in [1.165, 1.54) is 23.0 Å². The van der Waals surface area contributed by atoms with Gasteiger partial charge in [0.25, 0.3) is 5.91 Å². The first-order valence-electron chi connectivity index (χ1n) is 6.90. The van der Waals surface area contributed by atoms with Crippen LogP contribution >= 0.6 is 23.2 Å². The summed E-state index contributed by atoms with van der Waals surface area (Å²) < 4.78 is 15.9. The second kappa shape index (κ2) is 6.62. The van der Waals surface area contributed by atoms with E-state index < -0.39 is 5.91 Å². The Balaban J connectivity index is 1.75. The van der Waals surface area contributed by atoms with Crippen molar-refractivity contribution in [3.05, 3.63) is 63.8 Å². The molecule has 0 aliphatic heterocycles. The van der Waals surface area contributed by atoms with Gasteiger partial charge in [-0.1, -0.05) is 35.3 Å². The molecule has 0 aliphatic rings. The second-order valence-electron chi connectivity index (χ2n) is 5.10. The molecule has 3 aromatic rings. The Hall–Kier alpha value is -2.38. The Morgan fingerprint density at radius 1 is 1.17 bits per heavy atom. The zero-order valence-electron chi connectivity index (χ0n) is 12.5. The van der Waals surface area contributed by atoms with Crippen LogP contribution in [-0.2, 0) is 13.6 Å². The lowest BCUT2D eigenvalue weighted by molar-refractivity contribution is 0.102. The Morgan fingerprint density at radius 3 is 2.50 bits per heavy atom. The van der Waals surface area contributed by atoms with Gasteiger partial charge >= 0.3 is 0 Å². The molecule has 1 aromatic carbocycles. The summed E-state index contributed by atoms with van der Waals surface area (Å²) in [5.74, 6) is -0.613. The van der Waals surface area contributed by atoms with Crippen LogP contribution < -0.4 is 5.32 Å². The van der Waals surface area contributed by atoms with Crippen molar-refractivity contribution < 1.29 is 9.18 Å². The first-order valence-corrected chi connectivity index (χ1v) is 7.66. The first kappa shape index (κ1) is 16.5. The van der Waals surface area contributed by atoms with Crippen LogP contribution in [-0.4, -0.2) is 25.5 Å². The molecule has 6 nitrogen and oxygen atoms in total. The van der Waals surface area contributed by atoms with Crippen LogP contribution in [0.25, 0.3) is 0 Å². The highest BCUT2D eigenvalue weighted by molar-refractivity contribution is 6.35. The molecule has 9 heteroatoms. The van der Waals surface area contributed by atoms with Crippen molar-refractivity contribution in [2.75, 3.05) is 5.32 Å². The minimum Gasteiger partial charge on any atom is -0.302 e. The fraction of sp³-hybridized carbons (Fsp3) is 0.133. The minimum absolute atomic E-state index is 0.0864. The highest BCUT2D eigenvalue weighted by Crippen LogP contribution is 2.22. The maximum Gasteiger partial charge on any atom is 0.278 e. The molecule has 0 atom stereocenters. The fourth-order valence-electron chi connectivity index (χ4n) is 2.12. The molecule has 1 amide bonds. The molecule has 2 aromatic heterocycles. The zero-order valence-corrected chi connectivity index (χ0v) is 14.0. The number of hydrogen-bond acceptors (Lipinski definition) is 3. The van der Waals surface area contributed by atoms with Gasteiger partial charge in [-0.2, -0.15) is 10.2 Å². The number of nitrogens with one attached hydrogen (secondary N) is 1. The van der Waals surface area contributed by atoms with Gasteiger partial charge in [0.05, 0.1) is 11.6 Å². The zero-order chi connectivity index (χ0) is 17.3. The lowest BCUT2D eigenvalue weighted by atomic mass is 10.2. The number of hydrogen-bond donors (Lipinski definition) is 1. The van der Waals surface area contributed by atoms with E-state index in [4.69, 9.17) is 23.2 Å². The lowest BCUT2D eigenvalue weighted by Crippen LogP contribution is -2.14. The van der Waals surface area contributed by atoms with Crippen molar-refractivity contribution in [3.8, 4) is 0 Å². The fourth-order valence-corrected chi connectivity index (χ4v) is 2.58. The van der Waals surface area contributed by atoms with Gasteiger partial charge in [0.1, 0.15) is 10.8 Å². The Kier molecular flexibility index (Phi) is 4.55. The summed E-state index contributed by atoms with van der Waals surface area (Å²) >= 11 is 12.0.